The number of amides is 1. The van der Waals surface area contributed by atoms with Crippen molar-refractivity contribution in [3.63, 3.8) is 0 Å². The lowest BCUT2D eigenvalue weighted by molar-refractivity contribution is 0.0533. The highest BCUT2D eigenvalue weighted by atomic mass is 127. The van der Waals surface area contributed by atoms with Crippen LogP contribution in [0, 0.1) is 26.9 Å². The highest BCUT2D eigenvalue weighted by Crippen LogP contribution is 2.27. The normalized spacial score (nSPS) is 14.8. The molecule has 0 aliphatic carbocycles. The molecule has 0 unspecified atom stereocenters. The lowest BCUT2D eigenvalue weighted by Gasteiger charge is -2.39. The van der Waals surface area contributed by atoms with Gasteiger partial charge >= 0.3 is 0 Å². The summed E-state index contributed by atoms with van der Waals surface area (Å²) in [6.07, 6.45) is 0.856. The minimum Gasteiger partial charge on any atom is -0.338 e. The molecule has 1 aliphatic heterocycles. The third-order valence-electron chi connectivity index (χ3n) is 4.59. The van der Waals surface area contributed by atoms with Crippen molar-refractivity contribution >= 4 is 38.3 Å². The van der Waals surface area contributed by atoms with Crippen LogP contribution >= 0.6 is 22.6 Å². The van der Waals surface area contributed by atoms with Crippen molar-refractivity contribution in [3.05, 3.63) is 68.0 Å². The molecule has 1 heterocycles. The largest absolute Gasteiger partial charge is 0.338 e. The second-order valence-electron chi connectivity index (χ2n) is 6.97. The minimum absolute atomic E-state index is 0.0325. The number of carbonyl (C=O) groups is 1. The molecule has 9 heteroatoms. The van der Waals surface area contributed by atoms with E-state index in [2.05, 4.69) is 0 Å². The van der Waals surface area contributed by atoms with Crippen LogP contribution in [0.3, 0.4) is 0 Å². The Morgan fingerprint density at radius 3 is 2.43 bits per heavy atom. The first-order valence-electron chi connectivity index (χ1n) is 8.43. The first kappa shape index (κ1) is 21.1. The number of benzene rings is 2. The zero-order chi connectivity index (χ0) is 20.6. The molecule has 1 amide bonds. The van der Waals surface area contributed by atoms with Gasteiger partial charge in [-0.15, -0.1) is 0 Å². The van der Waals surface area contributed by atoms with E-state index in [1.165, 1.54) is 23.1 Å². The van der Waals surface area contributed by atoms with Gasteiger partial charge in [-0.1, -0.05) is 6.07 Å². The topological polar surface area (TPSA) is 54.5 Å². The lowest BCUT2D eigenvalue weighted by atomic mass is 9.95. The van der Waals surface area contributed by atoms with E-state index >= 15 is 0 Å². The summed E-state index contributed by atoms with van der Waals surface area (Å²) in [7, 11) is -3.16. The SMILES string of the molecule is CS(=O)(=O)CC1CN(C(=O)c2ccc(F)c(F)c2Cc2ccc(I)cc2F)C1. The Kier molecular flexibility index (Phi) is 6.04. The third kappa shape index (κ3) is 4.68. The van der Waals surface area contributed by atoms with Crippen molar-refractivity contribution < 1.29 is 26.4 Å². The van der Waals surface area contributed by atoms with Crippen molar-refractivity contribution in [1.82, 2.24) is 4.90 Å². The number of nitrogens with zero attached hydrogens (tertiary/aromatic N) is 1. The van der Waals surface area contributed by atoms with E-state index in [1.54, 1.807) is 6.07 Å². The van der Waals surface area contributed by atoms with Crippen molar-refractivity contribution in [3.8, 4) is 0 Å². The van der Waals surface area contributed by atoms with Crippen LogP contribution in [0.15, 0.2) is 30.3 Å². The molecule has 0 N–H and O–H groups in total. The van der Waals surface area contributed by atoms with E-state index in [-0.39, 0.29) is 47.9 Å². The number of hydrogen-bond donors (Lipinski definition) is 0. The Bertz CT molecular complexity index is 1040. The maximum atomic E-state index is 14.5. The predicted octanol–water partition coefficient (Wildman–Crippen LogP) is 3.42. The molecule has 2 aromatic carbocycles. The minimum atomic E-state index is -3.16. The van der Waals surface area contributed by atoms with Gasteiger partial charge in [-0.25, -0.2) is 21.6 Å². The predicted molar refractivity (Wildman–Crippen MR) is 107 cm³/mol. The van der Waals surface area contributed by atoms with E-state index in [1.807, 2.05) is 22.6 Å². The summed E-state index contributed by atoms with van der Waals surface area (Å²) >= 11 is 1.94. The summed E-state index contributed by atoms with van der Waals surface area (Å²) in [5.41, 5.74) is -0.108. The van der Waals surface area contributed by atoms with E-state index in [9.17, 15) is 26.4 Å². The zero-order valence-electron chi connectivity index (χ0n) is 14.9. The number of carbonyl (C=O) groups excluding carboxylic acids is 1. The molecule has 0 aromatic heterocycles. The lowest BCUT2D eigenvalue weighted by Crippen LogP contribution is -2.52. The van der Waals surface area contributed by atoms with Crippen molar-refractivity contribution in [2.24, 2.45) is 5.92 Å². The van der Waals surface area contributed by atoms with Crippen LogP contribution in [0.2, 0.25) is 0 Å². The molecule has 0 radical (unpaired) electrons. The van der Waals surface area contributed by atoms with Gasteiger partial charge in [0.15, 0.2) is 11.6 Å². The Hall–Kier alpha value is -1.62. The van der Waals surface area contributed by atoms with E-state index in [0.29, 0.717) is 3.57 Å². The Labute approximate surface area is 174 Å². The first-order chi connectivity index (χ1) is 13.0. The van der Waals surface area contributed by atoms with Gasteiger partial charge in [-0.2, -0.15) is 0 Å². The van der Waals surface area contributed by atoms with Crippen LogP contribution in [0.25, 0.3) is 0 Å². The number of halogens is 4. The monoisotopic (exact) mass is 523 g/mol. The molecule has 150 valence electrons. The third-order valence-corrected chi connectivity index (χ3v) is 6.34. The Balaban J connectivity index is 1.86. The van der Waals surface area contributed by atoms with Gasteiger partial charge in [0.05, 0.1) is 5.75 Å². The smallest absolute Gasteiger partial charge is 0.254 e. The van der Waals surface area contributed by atoms with Crippen LogP contribution in [0.1, 0.15) is 21.5 Å². The van der Waals surface area contributed by atoms with Gasteiger partial charge in [-0.3, -0.25) is 4.79 Å². The van der Waals surface area contributed by atoms with Gasteiger partial charge in [0.25, 0.3) is 5.91 Å². The van der Waals surface area contributed by atoms with Crippen LogP contribution < -0.4 is 0 Å². The molecule has 2 aromatic rings. The zero-order valence-corrected chi connectivity index (χ0v) is 17.9. The summed E-state index contributed by atoms with van der Waals surface area (Å²) < 4.78 is 65.8. The molecule has 0 saturated carbocycles. The molecule has 4 nitrogen and oxygen atoms in total. The second kappa shape index (κ2) is 8.02. The maximum Gasteiger partial charge on any atom is 0.254 e. The van der Waals surface area contributed by atoms with Gasteiger partial charge in [-0.05, 0) is 52.4 Å². The highest BCUT2D eigenvalue weighted by molar-refractivity contribution is 14.1. The second-order valence-corrected chi connectivity index (χ2v) is 10.4. The number of likely N-dealkylation sites (tertiary alicyclic amines) is 1. The Morgan fingerprint density at radius 1 is 1.14 bits per heavy atom. The molecule has 0 spiro atoms. The van der Waals surface area contributed by atoms with Crippen LogP contribution in [-0.4, -0.2) is 44.3 Å². The molecule has 0 atom stereocenters. The first-order valence-corrected chi connectivity index (χ1v) is 11.6. The van der Waals surface area contributed by atoms with Crippen molar-refractivity contribution in [2.45, 2.75) is 6.42 Å². The molecule has 1 fully saturated rings. The molecule has 0 bridgehead atoms. The van der Waals surface area contributed by atoms with Gasteiger partial charge in [0.2, 0.25) is 0 Å². The van der Waals surface area contributed by atoms with Crippen molar-refractivity contribution in [1.29, 1.82) is 0 Å². The molecule has 1 saturated heterocycles. The summed E-state index contributed by atoms with van der Waals surface area (Å²) in [6, 6.07) is 6.44. The summed E-state index contributed by atoms with van der Waals surface area (Å²) in [6.45, 7) is 0.449. The summed E-state index contributed by atoms with van der Waals surface area (Å²) in [4.78, 5) is 14.1. The summed E-state index contributed by atoms with van der Waals surface area (Å²) in [5, 5.41) is 0. The molecular formula is C19H17F3INO3S. The average molecular weight is 523 g/mol. The quantitative estimate of drug-likeness (QED) is 0.565. The molecular weight excluding hydrogens is 506 g/mol. The van der Waals surface area contributed by atoms with Gasteiger partial charge in [0, 0.05) is 46.4 Å². The number of sulfone groups is 1. The number of rotatable bonds is 5. The average Bonchev–Trinajstić information content (AvgIpc) is 2.55. The van der Waals surface area contributed by atoms with Crippen molar-refractivity contribution in [2.75, 3.05) is 25.1 Å². The Morgan fingerprint density at radius 2 is 1.82 bits per heavy atom. The van der Waals surface area contributed by atoms with Crippen LogP contribution in [-0.2, 0) is 16.3 Å². The summed E-state index contributed by atoms with van der Waals surface area (Å²) in [5.74, 6) is -3.60. The fourth-order valence-corrected chi connectivity index (χ4v) is 4.78. The molecule has 1 aliphatic rings. The van der Waals surface area contributed by atoms with Crippen LogP contribution in [0.5, 0.6) is 0 Å². The van der Waals surface area contributed by atoms with Gasteiger partial charge < -0.3 is 4.90 Å². The van der Waals surface area contributed by atoms with E-state index in [4.69, 9.17) is 0 Å². The maximum absolute atomic E-state index is 14.5. The van der Waals surface area contributed by atoms with Gasteiger partial charge in [0.1, 0.15) is 15.7 Å². The fraction of sp³-hybridized carbons (Fsp3) is 0.316. The molecule has 28 heavy (non-hydrogen) atoms. The van der Waals surface area contributed by atoms with E-state index < -0.39 is 33.2 Å². The molecule has 3 rings (SSSR count). The number of hydrogen-bond acceptors (Lipinski definition) is 3. The fourth-order valence-electron chi connectivity index (χ4n) is 3.26. The highest BCUT2D eigenvalue weighted by Gasteiger charge is 2.34. The standard InChI is InChI=1S/C19H17F3INO3S/c1-28(26,27)10-11-8-24(9-11)19(25)14-4-5-16(20)18(22)15(14)6-12-2-3-13(23)7-17(12)21/h2-5,7,11H,6,8-10H2,1H3. The van der Waals surface area contributed by atoms with E-state index in [0.717, 1.165) is 12.3 Å². The van der Waals surface area contributed by atoms with Crippen LogP contribution in [0.4, 0.5) is 13.2 Å².